The minimum atomic E-state index is -0.995. The lowest BCUT2D eigenvalue weighted by molar-refractivity contribution is 0.0128. The Bertz CT molecular complexity index is 1020. The molecule has 1 atom stereocenters. The van der Waals surface area contributed by atoms with Gasteiger partial charge in [0.25, 0.3) is 0 Å². The quantitative estimate of drug-likeness (QED) is 0.675. The van der Waals surface area contributed by atoms with Gasteiger partial charge in [0.15, 0.2) is 0 Å². The van der Waals surface area contributed by atoms with E-state index in [9.17, 15) is 9.18 Å². The summed E-state index contributed by atoms with van der Waals surface area (Å²) in [6.07, 6.45) is 4.20. The van der Waals surface area contributed by atoms with Crippen molar-refractivity contribution in [3.8, 4) is 5.69 Å². The number of ether oxygens (including phenoxy) is 1. The number of benzene rings is 1. The van der Waals surface area contributed by atoms with E-state index in [1.54, 1.807) is 17.6 Å². The molecule has 3 aromatic rings. The van der Waals surface area contributed by atoms with Crippen LogP contribution < -0.4 is 0 Å². The van der Waals surface area contributed by atoms with Crippen molar-refractivity contribution in [2.75, 3.05) is 32.7 Å². The van der Waals surface area contributed by atoms with E-state index in [1.165, 1.54) is 0 Å². The molecule has 0 aliphatic carbocycles. The zero-order valence-electron chi connectivity index (χ0n) is 18.2. The third kappa shape index (κ3) is 5.22. The molecule has 1 amide bonds. The number of amides is 1. The fourth-order valence-electron chi connectivity index (χ4n) is 3.85. The molecule has 1 fully saturated rings. The average molecular weight is 429 g/mol. The van der Waals surface area contributed by atoms with Crippen molar-refractivity contribution >= 4 is 17.0 Å². The number of nitrogens with one attached hydrogen (secondary N) is 1. The van der Waals surface area contributed by atoms with Gasteiger partial charge in [0.05, 0.1) is 0 Å². The highest BCUT2D eigenvalue weighted by atomic mass is 19.1. The summed E-state index contributed by atoms with van der Waals surface area (Å²) < 4.78 is 22.2. The van der Waals surface area contributed by atoms with Crippen LogP contribution in [0.1, 0.15) is 26.3 Å². The van der Waals surface area contributed by atoms with Gasteiger partial charge in [-0.3, -0.25) is 9.47 Å². The first kappa shape index (κ1) is 21.3. The van der Waals surface area contributed by atoms with Crippen LogP contribution in [0.25, 0.3) is 16.6 Å². The van der Waals surface area contributed by atoms with E-state index >= 15 is 0 Å². The Labute approximate surface area is 181 Å². The number of fused-ring (bicyclic) bond motifs is 1. The van der Waals surface area contributed by atoms with Gasteiger partial charge in [-0.05, 0) is 44.5 Å². The lowest BCUT2D eigenvalue weighted by Crippen LogP contribution is -2.51. The highest BCUT2D eigenvalue weighted by molar-refractivity contribution is 5.85. The van der Waals surface area contributed by atoms with Crippen LogP contribution in [0.4, 0.5) is 9.18 Å². The summed E-state index contributed by atoms with van der Waals surface area (Å²) in [5.41, 5.74) is 2.35. The Balaban J connectivity index is 1.33. The second-order valence-corrected chi connectivity index (χ2v) is 8.98. The monoisotopic (exact) mass is 428 g/mol. The van der Waals surface area contributed by atoms with Crippen molar-refractivity contribution < 1.29 is 13.9 Å². The Morgan fingerprint density at radius 3 is 2.58 bits per heavy atom. The van der Waals surface area contributed by atoms with Crippen LogP contribution in [0.3, 0.4) is 0 Å². The van der Waals surface area contributed by atoms with Gasteiger partial charge in [-0.2, -0.15) is 0 Å². The molecule has 1 N–H and O–H groups in total. The second-order valence-electron chi connectivity index (χ2n) is 8.98. The minimum absolute atomic E-state index is 0.299. The first-order valence-electron chi connectivity index (χ1n) is 10.6. The molecule has 0 saturated carbocycles. The maximum atomic E-state index is 14.9. The van der Waals surface area contributed by atoms with Gasteiger partial charge in [0, 0.05) is 61.9 Å². The number of nitrogens with zero attached hydrogens (tertiary/aromatic N) is 5. The topological polar surface area (TPSA) is 79.3 Å². The summed E-state index contributed by atoms with van der Waals surface area (Å²) in [7, 11) is 0. The molecule has 8 nitrogen and oxygen atoms in total. The Kier molecular flexibility index (Phi) is 5.95. The third-order valence-electron chi connectivity index (χ3n) is 5.39. The van der Waals surface area contributed by atoms with Crippen LogP contribution >= 0.6 is 0 Å². The van der Waals surface area contributed by atoms with E-state index in [1.807, 2.05) is 49.7 Å². The highest BCUT2D eigenvalue weighted by Gasteiger charge is 2.27. The van der Waals surface area contributed by atoms with Crippen LogP contribution in [0.2, 0.25) is 0 Å². The fourth-order valence-corrected chi connectivity index (χ4v) is 3.85. The fraction of sp³-hybridized carbons (Fsp3) is 0.500. The van der Waals surface area contributed by atoms with Crippen LogP contribution in [-0.4, -0.2) is 80.1 Å². The number of rotatable bonds is 5. The van der Waals surface area contributed by atoms with Gasteiger partial charge in [0.2, 0.25) is 0 Å². The predicted molar refractivity (Wildman–Crippen MR) is 116 cm³/mol. The maximum absolute atomic E-state index is 14.9. The van der Waals surface area contributed by atoms with E-state index in [0.717, 1.165) is 22.2 Å². The van der Waals surface area contributed by atoms with Crippen molar-refractivity contribution in [1.82, 2.24) is 29.5 Å². The highest BCUT2D eigenvalue weighted by Crippen LogP contribution is 2.24. The number of piperazine rings is 1. The molecule has 3 heterocycles. The largest absolute Gasteiger partial charge is 0.444 e. The standard InChI is InChI=1S/C22H29FN6O2/c1-22(2,3)31-21(30)28-8-6-27(7-9-28)13-17(23)10-16-12-24-20-5-4-18(11-19(16)20)29-14-25-26-15-29/h4-5,11-12,14-15,17,24H,6-10,13H2,1-3H3. The molecule has 4 rings (SSSR count). The summed E-state index contributed by atoms with van der Waals surface area (Å²) >= 11 is 0. The molecule has 1 aliphatic heterocycles. The number of aromatic nitrogens is 4. The molecule has 1 aliphatic rings. The predicted octanol–water partition coefficient (Wildman–Crippen LogP) is 3.18. The summed E-state index contributed by atoms with van der Waals surface area (Å²) in [6, 6.07) is 5.98. The van der Waals surface area contributed by atoms with Crippen molar-refractivity contribution in [3.63, 3.8) is 0 Å². The van der Waals surface area contributed by atoms with E-state index in [4.69, 9.17) is 4.74 Å². The Hall–Kier alpha value is -2.94. The van der Waals surface area contributed by atoms with E-state index < -0.39 is 11.8 Å². The second kappa shape index (κ2) is 8.66. The molecule has 0 spiro atoms. The summed E-state index contributed by atoms with van der Waals surface area (Å²) in [5, 5.41) is 8.69. The maximum Gasteiger partial charge on any atom is 0.410 e. The minimum Gasteiger partial charge on any atom is -0.444 e. The van der Waals surface area contributed by atoms with Gasteiger partial charge >= 0.3 is 6.09 Å². The number of carbonyl (C=O) groups excluding carboxylic acids is 1. The number of halogens is 1. The molecule has 166 valence electrons. The zero-order chi connectivity index (χ0) is 22.0. The van der Waals surface area contributed by atoms with E-state index in [0.29, 0.717) is 39.1 Å². The molecular weight excluding hydrogens is 399 g/mol. The number of hydrogen-bond acceptors (Lipinski definition) is 5. The van der Waals surface area contributed by atoms with Crippen molar-refractivity contribution in [2.45, 2.75) is 39.0 Å². The van der Waals surface area contributed by atoms with Crippen molar-refractivity contribution in [1.29, 1.82) is 0 Å². The van der Waals surface area contributed by atoms with Gasteiger partial charge in [-0.15, -0.1) is 10.2 Å². The number of H-pyrrole nitrogens is 1. The molecular formula is C22H29FN6O2. The molecule has 31 heavy (non-hydrogen) atoms. The molecule has 0 bridgehead atoms. The summed E-state index contributed by atoms with van der Waals surface area (Å²) in [4.78, 5) is 19.2. The number of aromatic amines is 1. The normalized spacial score (nSPS) is 16.6. The third-order valence-corrected chi connectivity index (χ3v) is 5.39. The van der Waals surface area contributed by atoms with Gasteiger partial charge < -0.3 is 14.6 Å². The average Bonchev–Trinajstić information content (AvgIpc) is 3.37. The molecule has 1 unspecified atom stereocenters. The van der Waals surface area contributed by atoms with Crippen LogP contribution in [-0.2, 0) is 11.2 Å². The van der Waals surface area contributed by atoms with Gasteiger partial charge in [-0.1, -0.05) is 0 Å². The van der Waals surface area contributed by atoms with Crippen molar-refractivity contribution in [2.24, 2.45) is 0 Å². The van der Waals surface area contributed by atoms with E-state index in [-0.39, 0.29) is 6.09 Å². The zero-order valence-corrected chi connectivity index (χ0v) is 18.2. The lowest BCUT2D eigenvalue weighted by Gasteiger charge is -2.36. The van der Waals surface area contributed by atoms with E-state index in [2.05, 4.69) is 20.1 Å². The van der Waals surface area contributed by atoms with Crippen molar-refractivity contribution in [3.05, 3.63) is 42.6 Å². The Morgan fingerprint density at radius 1 is 1.19 bits per heavy atom. The Morgan fingerprint density at radius 2 is 1.90 bits per heavy atom. The number of alkyl halides is 1. The lowest BCUT2D eigenvalue weighted by atomic mass is 10.1. The smallest absolute Gasteiger partial charge is 0.410 e. The van der Waals surface area contributed by atoms with Crippen LogP contribution in [0, 0.1) is 0 Å². The SMILES string of the molecule is CC(C)(C)OC(=O)N1CCN(CC(F)Cc2c[nH]c3ccc(-n4cnnc4)cc23)CC1. The summed E-state index contributed by atoms with van der Waals surface area (Å²) in [5.74, 6) is 0. The molecule has 0 radical (unpaired) electrons. The first-order chi connectivity index (χ1) is 14.8. The molecule has 1 aromatic carbocycles. The molecule has 1 saturated heterocycles. The first-order valence-corrected chi connectivity index (χ1v) is 10.6. The molecule has 2 aromatic heterocycles. The number of hydrogen-bond donors (Lipinski definition) is 1. The van der Waals surface area contributed by atoms with Gasteiger partial charge in [-0.25, -0.2) is 9.18 Å². The number of carbonyl (C=O) groups is 1. The van der Waals surface area contributed by atoms with Crippen LogP contribution in [0.15, 0.2) is 37.1 Å². The van der Waals surface area contributed by atoms with Gasteiger partial charge in [0.1, 0.15) is 24.4 Å². The molecule has 9 heteroatoms. The van der Waals surface area contributed by atoms with Crippen LogP contribution in [0.5, 0.6) is 0 Å². The summed E-state index contributed by atoms with van der Waals surface area (Å²) in [6.45, 7) is 8.31.